The summed E-state index contributed by atoms with van der Waals surface area (Å²) in [6.07, 6.45) is 0. The maximum atomic E-state index is 11.5. The minimum atomic E-state index is -1.22. The standard InChI is InChI=1S/C12H13IO4/c1-12(2,13)11(16)17-7-8-3-5-9(6-4-8)10(14)15/h3-6H,7H2,1-2H3,(H,14,15)/p-1. The Kier molecular flexibility index (Phi) is 4.50. The molecule has 0 radical (unpaired) electrons. The van der Waals surface area contributed by atoms with E-state index in [2.05, 4.69) is 0 Å². The lowest BCUT2D eigenvalue weighted by Crippen LogP contribution is -2.26. The van der Waals surface area contributed by atoms with E-state index in [-0.39, 0.29) is 18.1 Å². The van der Waals surface area contributed by atoms with Gasteiger partial charge >= 0.3 is 5.97 Å². The molecular weight excluding hydrogens is 335 g/mol. The predicted octanol–water partition coefficient (Wildman–Crippen LogP) is 1.31. The third kappa shape index (κ3) is 4.33. The van der Waals surface area contributed by atoms with Gasteiger partial charge in [0.1, 0.15) is 10.0 Å². The van der Waals surface area contributed by atoms with Crippen LogP contribution in [0.1, 0.15) is 29.8 Å². The number of carbonyl (C=O) groups is 2. The number of carboxylic acid groups (broad SMARTS) is 1. The van der Waals surface area contributed by atoms with E-state index in [1.165, 1.54) is 12.1 Å². The van der Waals surface area contributed by atoms with Crippen molar-refractivity contribution in [3.05, 3.63) is 35.4 Å². The van der Waals surface area contributed by atoms with E-state index in [1.807, 2.05) is 22.6 Å². The highest BCUT2D eigenvalue weighted by atomic mass is 127. The Hall–Kier alpha value is -1.11. The summed E-state index contributed by atoms with van der Waals surface area (Å²) in [5, 5.41) is 10.5. The molecule has 4 nitrogen and oxygen atoms in total. The number of aromatic carboxylic acids is 1. The summed E-state index contributed by atoms with van der Waals surface area (Å²) in [5.74, 6) is -1.52. The number of alkyl halides is 1. The second-order valence-corrected chi connectivity index (χ2v) is 6.73. The number of benzene rings is 1. The molecule has 0 N–H and O–H groups in total. The number of esters is 1. The molecule has 92 valence electrons. The average Bonchev–Trinajstić information content (AvgIpc) is 2.25. The number of rotatable bonds is 4. The van der Waals surface area contributed by atoms with Crippen molar-refractivity contribution in [3.8, 4) is 0 Å². The lowest BCUT2D eigenvalue weighted by atomic mass is 10.1. The van der Waals surface area contributed by atoms with E-state index in [1.54, 1.807) is 26.0 Å². The third-order valence-corrected chi connectivity index (χ3v) is 2.49. The maximum Gasteiger partial charge on any atom is 0.321 e. The van der Waals surface area contributed by atoms with Crippen LogP contribution in [-0.2, 0) is 16.1 Å². The first-order valence-electron chi connectivity index (χ1n) is 4.97. The van der Waals surface area contributed by atoms with Gasteiger partial charge in [0, 0.05) is 0 Å². The zero-order valence-electron chi connectivity index (χ0n) is 9.53. The molecule has 0 aliphatic carbocycles. The number of carbonyl (C=O) groups excluding carboxylic acids is 2. The lowest BCUT2D eigenvalue weighted by Gasteiger charge is -2.15. The Labute approximate surface area is 113 Å². The SMILES string of the molecule is CC(C)(I)C(=O)OCc1ccc(C(=O)[O-])cc1. The molecule has 0 bridgehead atoms. The monoisotopic (exact) mass is 347 g/mol. The minimum absolute atomic E-state index is 0.106. The van der Waals surface area contributed by atoms with Crippen molar-refractivity contribution in [1.82, 2.24) is 0 Å². The number of hydrogen-bond acceptors (Lipinski definition) is 4. The Bertz CT molecular complexity index is 417. The molecule has 0 saturated carbocycles. The van der Waals surface area contributed by atoms with Gasteiger partial charge in [-0.3, -0.25) is 4.79 Å². The van der Waals surface area contributed by atoms with E-state index < -0.39 is 9.39 Å². The summed E-state index contributed by atoms with van der Waals surface area (Å²) in [5.41, 5.74) is 0.846. The van der Waals surface area contributed by atoms with Crippen molar-refractivity contribution in [2.24, 2.45) is 0 Å². The lowest BCUT2D eigenvalue weighted by molar-refractivity contribution is -0.255. The molecular formula is C12H12IO4-. The normalized spacial score (nSPS) is 11.0. The van der Waals surface area contributed by atoms with Crippen molar-refractivity contribution in [2.75, 3.05) is 0 Å². The highest BCUT2D eigenvalue weighted by Gasteiger charge is 2.25. The van der Waals surface area contributed by atoms with Crippen LogP contribution in [0.5, 0.6) is 0 Å². The summed E-state index contributed by atoms with van der Waals surface area (Å²) >= 11 is 2.00. The largest absolute Gasteiger partial charge is 0.545 e. The molecule has 17 heavy (non-hydrogen) atoms. The zero-order chi connectivity index (χ0) is 13.1. The van der Waals surface area contributed by atoms with Crippen LogP contribution in [0.4, 0.5) is 0 Å². The molecule has 5 heteroatoms. The van der Waals surface area contributed by atoms with Crippen LogP contribution in [0.15, 0.2) is 24.3 Å². The summed E-state index contributed by atoms with van der Waals surface area (Å²) in [4.78, 5) is 22.0. The first-order chi connectivity index (χ1) is 7.80. The summed E-state index contributed by atoms with van der Waals surface area (Å²) in [6, 6.07) is 6.04. The van der Waals surface area contributed by atoms with E-state index in [9.17, 15) is 14.7 Å². The first-order valence-corrected chi connectivity index (χ1v) is 6.05. The number of carboxylic acids is 1. The molecule has 0 unspecified atom stereocenters. The Morgan fingerprint density at radius 2 is 1.82 bits per heavy atom. The molecule has 0 saturated heterocycles. The Morgan fingerprint density at radius 1 is 1.29 bits per heavy atom. The average molecular weight is 347 g/mol. The van der Waals surface area contributed by atoms with Gasteiger partial charge in [-0.1, -0.05) is 46.9 Å². The van der Waals surface area contributed by atoms with Gasteiger partial charge in [-0.2, -0.15) is 0 Å². The van der Waals surface area contributed by atoms with Gasteiger partial charge in [0.05, 0.1) is 5.97 Å². The quantitative estimate of drug-likeness (QED) is 0.468. The van der Waals surface area contributed by atoms with Gasteiger partial charge < -0.3 is 14.6 Å². The van der Waals surface area contributed by atoms with Gasteiger partial charge in [-0.25, -0.2) is 0 Å². The molecule has 0 aliphatic heterocycles. The van der Waals surface area contributed by atoms with E-state index in [4.69, 9.17) is 4.74 Å². The van der Waals surface area contributed by atoms with Gasteiger partial charge in [0.2, 0.25) is 0 Å². The summed E-state index contributed by atoms with van der Waals surface area (Å²) in [7, 11) is 0. The molecule has 1 rings (SSSR count). The van der Waals surface area contributed by atoms with Crippen LogP contribution in [0.2, 0.25) is 0 Å². The molecule has 0 spiro atoms. The molecule has 0 aliphatic rings. The maximum absolute atomic E-state index is 11.5. The molecule has 1 aromatic rings. The highest BCUT2D eigenvalue weighted by Crippen LogP contribution is 2.19. The fourth-order valence-electron chi connectivity index (χ4n) is 1.06. The fourth-order valence-corrected chi connectivity index (χ4v) is 1.21. The summed E-state index contributed by atoms with van der Waals surface area (Å²) < 4.78 is 4.52. The topological polar surface area (TPSA) is 66.4 Å². The molecule has 0 heterocycles. The highest BCUT2D eigenvalue weighted by molar-refractivity contribution is 14.1. The van der Waals surface area contributed by atoms with Crippen molar-refractivity contribution >= 4 is 34.5 Å². The van der Waals surface area contributed by atoms with Gasteiger partial charge in [-0.15, -0.1) is 0 Å². The summed E-state index contributed by atoms with van der Waals surface area (Å²) in [6.45, 7) is 3.66. The zero-order valence-corrected chi connectivity index (χ0v) is 11.7. The van der Waals surface area contributed by atoms with Crippen molar-refractivity contribution in [3.63, 3.8) is 0 Å². The van der Waals surface area contributed by atoms with Crippen molar-refractivity contribution < 1.29 is 19.4 Å². The second-order valence-electron chi connectivity index (χ2n) is 4.03. The van der Waals surface area contributed by atoms with E-state index >= 15 is 0 Å². The van der Waals surface area contributed by atoms with E-state index in [0.717, 1.165) is 5.56 Å². The number of halogens is 1. The van der Waals surface area contributed by atoms with Crippen LogP contribution in [0.3, 0.4) is 0 Å². The van der Waals surface area contributed by atoms with E-state index in [0.29, 0.717) is 0 Å². The van der Waals surface area contributed by atoms with Crippen molar-refractivity contribution in [2.45, 2.75) is 23.9 Å². The van der Waals surface area contributed by atoms with Gasteiger partial charge in [0.25, 0.3) is 0 Å². The Balaban J connectivity index is 2.59. The minimum Gasteiger partial charge on any atom is -0.545 e. The van der Waals surface area contributed by atoms with Gasteiger partial charge in [-0.05, 0) is 25.0 Å². The number of hydrogen-bond donors (Lipinski definition) is 0. The Morgan fingerprint density at radius 3 is 2.24 bits per heavy atom. The van der Waals surface area contributed by atoms with Crippen LogP contribution in [-0.4, -0.2) is 15.4 Å². The number of ether oxygens (including phenoxy) is 1. The molecule has 0 fully saturated rings. The predicted molar refractivity (Wildman–Crippen MR) is 68.7 cm³/mol. The van der Waals surface area contributed by atoms with Crippen LogP contribution < -0.4 is 5.11 Å². The second kappa shape index (κ2) is 5.48. The van der Waals surface area contributed by atoms with Crippen LogP contribution in [0.25, 0.3) is 0 Å². The van der Waals surface area contributed by atoms with Gasteiger partial charge in [0.15, 0.2) is 0 Å². The third-order valence-electron chi connectivity index (χ3n) is 2.04. The van der Waals surface area contributed by atoms with Crippen LogP contribution in [0, 0.1) is 0 Å². The smallest absolute Gasteiger partial charge is 0.321 e. The van der Waals surface area contributed by atoms with Crippen LogP contribution >= 0.6 is 22.6 Å². The molecule has 1 aromatic carbocycles. The molecule has 0 amide bonds. The first kappa shape index (κ1) is 14.0. The fraction of sp³-hybridized carbons (Fsp3) is 0.333. The molecule has 0 aromatic heterocycles. The van der Waals surface area contributed by atoms with Crippen molar-refractivity contribution in [1.29, 1.82) is 0 Å². The molecule has 0 atom stereocenters.